The Labute approximate surface area is 98.6 Å². The standard InChI is InChI=1S/C11H15BrN2O/c1-2-10-8-14(5-6-15-10)11-7-9(12)3-4-13-11/h3-4,7,10H,2,5-6,8H2,1H3/t10-/m1/s1. The highest BCUT2D eigenvalue weighted by molar-refractivity contribution is 9.10. The van der Waals surface area contributed by atoms with Gasteiger partial charge in [-0.1, -0.05) is 22.9 Å². The summed E-state index contributed by atoms with van der Waals surface area (Å²) in [5, 5.41) is 0. The molecule has 0 unspecified atom stereocenters. The number of pyridine rings is 1. The molecule has 0 saturated carbocycles. The van der Waals surface area contributed by atoms with Gasteiger partial charge in [-0.05, 0) is 18.6 Å². The van der Waals surface area contributed by atoms with Crippen molar-refractivity contribution in [3.05, 3.63) is 22.8 Å². The fourth-order valence-corrected chi connectivity index (χ4v) is 2.06. The Morgan fingerprint density at radius 3 is 3.27 bits per heavy atom. The van der Waals surface area contributed by atoms with Crippen molar-refractivity contribution in [1.82, 2.24) is 4.98 Å². The van der Waals surface area contributed by atoms with Gasteiger partial charge in [-0.3, -0.25) is 0 Å². The minimum atomic E-state index is 0.347. The van der Waals surface area contributed by atoms with Gasteiger partial charge in [0.25, 0.3) is 0 Å². The number of hydrogen-bond acceptors (Lipinski definition) is 3. The summed E-state index contributed by atoms with van der Waals surface area (Å²) in [4.78, 5) is 6.65. The van der Waals surface area contributed by atoms with E-state index in [0.29, 0.717) is 6.10 Å². The van der Waals surface area contributed by atoms with Crippen LogP contribution in [0.1, 0.15) is 13.3 Å². The van der Waals surface area contributed by atoms with Gasteiger partial charge in [-0.15, -0.1) is 0 Å². The summed E-state index contributed by atoms with van der Waals surface area (Å²) in [5.74, 6) is 1.03. The highest BCUT2D eigenvalue weighted by Gasteiger charge is 2.19. The Kier molecular flexibility index (Phi) is 3.59. The maximum Gasteiger partial charge on any atom is 0.129 e. The van der Waals surface area contributed by atoms with Crippen LogP contribution >= 0.6 is 15.9 Å². The molecule has 2 heterocycles. The number of morpholine rings is 1. The first kappa shape index (κ1) is 10.9. The van der Waals surface area contributed by atoms with Crippen LogP contribution in [-0.2, 0) is 4.74 Å². The molecule has 4 heteroatoms. The van der Waals surface area contributed by atoms with Crippen molar-refractivity contribution in [2.45, 2.75) is 19.4 Å². The summed E-state index contributed by atoms with van der Waals surface area (Å²) < 4.78 is 6.70. The number of nitrogens with zero attached hydrogens (tertiary/aromatic N) is 2. The van der Waals surface area contributed by atoms with Crippen molar-refractivity contribution in [3.63, 3.8) is 0 Å². The monoisotopic (exact) mass is 270 g/mol. The first-order chi connectivity index (χ1) is 7.29. The van der Waals surface area contributed by atoms with Crippen LogP contribution in [0.4, 0.5) is 5.82 Å². The van der Waals surface area contributed by atoms with Crippen LogP contribution in [-0.4, -0.2) is 30.8 Å². The van der Waals surface area contributed by atoms with Gasteiger partial charge in [0, 0.05) is 23.8 Å². The molecule has 0 aromatic carbocycles. The van der Waals surface area contributed by atoms with Gasteiger partial charge in [0.15, 0.2) is 0 Å². The van der Waals surface area contributed by atoms with E-state index in [2.05, 4.69) is 38.8 Å². The molecule has 2 rings (SSSR count). The lowest BCUT2D eigenvalue weighted by molar-refractivity contribution is 0.0381. The second kappa shape index (κ2) is 4.94. The van der Waals surface area contributed by atoms with Crippen LogP contribution in [0.15, 0.2) is 22.8 Å². The lowest BCUT2D eigenvalue weighted by Gasteiger charge is -2.33. The zero-order valence-electron chi connectivity index (χ0n) is 8.82. The van der Waals surface area contributed by atoms with Crippen LogP contribution in [0.3, 0.4) is 0 Å². The van der Waals surface area contributed by atoms with Crippen molar-refractivity contribution < 1.29 is 4.74 Å². The van der Waals surface area contributed by atoms with Crippen molar-refractivity contribution in [1.29, 1.82) is 0 Å². The van der Waals surface area contributed by atoms with Gasteiger partial charge in [0.05, 0.1) is 12.7 Å². The second-order valence-electron chi connectivity index (χ2n) is 3.68. The maximum absolute atomic E-state index is 5.63. The Bertz CT molecular complexity index is 332. The van der Waals surface area contributed by atoms with E-state index in [9.17, 15) is 0 Å². The topological polar surface area (TPSA) is 25.4 Å². The molecule has 1 aliphatic heterocycles. The number of rotatable bonds is 2. The Balaban J connectivity index is 2.09. The Morgan fingerprint density at radius 2 is 2.53 bits per heavy atom. The molecule has 3 nitrogen and oxygen atoms in total. The minimum Gasteiger partial charge on any atom is -0.375 e. The predicted molar refractivity (Wildman–Crippen MR) is 64.2 cm³/mol. The summed E-state index contributed by atoms with van der Waals surface area (Å²) in [5.41, 5.74) is 0. The zero-order valence-corrected chi connectivity index (χ0v) is 10.4. The molecule has 82 valence electrons. The smallest absolute Gasteiger partial charge is 0.129 e. The SMILES string of the molecule is CC[C@@H]1CN(c2cc(Br)ccn2)CCO1. The number of halogens is 1. The van der Waals surface area contributed by atoms with E-state index < -0.39 is 0 Å². The van der Waals surface area contributed by atoms with Crippen LogP contribution in [0, 0.1) is 0 Å². The fraction of sp³-hybridized carbons (Fsp3) is 0.545. The Morgan fingerprint density at radius 1 is 1.67 bits per heavy atom. The van der Waals surface area contributed by atoms with E-state index in [1.807, 2.05) is 12.3 Å². The molecule has 0 radical (unpaired) electrons. The first-order valence-corrected chi connectivity index (χ1v) is 6.07. The van der Waals surface area contributed by atoms with Crippen LogP contribution in [0.25, 0.3) is 0 Å². The summed E-state index contributed by atoms with van der Waals surface area (Å²) >= 11 is 3.46. The van der Waals surface area contributed by atoms with E-state index in [1.165, 1.54) is 0 Å². The van der Waals surface area contributed by atoms with E-state index in [0.717, 1.165) is 36.4 Å². The Hall–Kier alpha value is -0.610. The average Bonchev–Trinajstić information content (AvgIpc) is 2.29. The quantitative estimate of drug-likeness (QED) is 0.826. The normalized spacial score (nSPS) is 21.7. The number of ether oxygens (including phenoxy) is 1. The first-order valence-electron chi connectivity index (χ1n) is 5.27. The van der Waals surface area contributed by atoms with Crippen molar-refractivity contribution in [3.8, 4) is 0 Å². The molecule has 1 saturated heterocycles. The molecule has 0 bridgehead atoms. The summed E-state index contributed by atoms with van der Waals surface area (Å²) in [6.45, 7) is 4.83. The molecule has 0 spiro atoms. The third kappa shape index (κ3) is 2.69. The van der Waals surface area contributed by atoms with Crippen LogP contribution in [0.5, 0.6) is 0 Å². The molecular formula is C11H15BrN2O. The molecule has 1 aromatic heterocycles. The van der Waals surface area contributed by atoms with Gasteiger partial charge >= 0.3 is 0 Å². The highest BCUT2D eigenvalue weighted by Crippen LogP contribution is 2.19. The third-order valence-corrected chi connectivity index (χ3v) is 3.12. The fourth-order valence-electron chi connectivity index (χ4n) is 1.74. The van der Waals surface area contributed by atoms with Gasteiger partial charge < -0.3 is 9.64 Å². The van der Waals surface area contributed by atoms with Gasteiger partial charge in [-0.2, -0.15) is 0 Å². The molecule has 0 N–H and O–H groups in total. The average molecular weight is 271 g/mol. The van der Waals surface area contributed by atoms with E-state index in [1.54, 1.807) is 0 Å². The molecule has 1 aromatic rings. The van der Waals surface area contributed by atoms with Crippen molar-refractivity contribution in [2.24, 2.45) is 0 Å². The summed E-state index contributed by atoms with van der Waals surface area (Å²) in [7, 11) is 0. The van der Waals surface area contributed by atoms with Crippen molar-refractivity contribution >= 4 is 21.7 Å². The summed E-state index contributed by atoms with van der Waals surface area (Å²) in [6, 6.07) is 4.00. The molecule has 1 atom stereocenters. The van der Waals surface area contributed by atoms with E-state index in [-0.39, 0.29) is 0 Å². The van der Waals surface area contributed by atoms with Crippen molar-refractivity contribution in [2.75, 3.05) is 24.6 Å². The zero-order chi connectivity index (χ0) is 10.7. The molecule has 1 fully saturated rings. The van der Waals surface area contributed by atoms with Gasteiger partial charge in [-0.25, -0.2) is 4.98 Å². The number of aromatic nitrogens is 1. The van der Waals surface area contributed by atoms with Gasteiger partial charge in [0.1, 0.15) is 5.82 Å². The number of hydrogen-bond donors (Lipinski definition) is 0. The molecule has 15 heavy (non-hydrogen) atoms. The largest absolute Gasteiger partial charge is 0.375 e. The third-order valence-electron chi connectivity index (χ3n) is 2.63. The molecule has 0 amide bonds. The van der Waals surface area contributed by atoms with Gasteiger partial charge in [0.2, 0.25) is 0 Å². The van der Waals surface area contributed by atoms with Crippen LogP contribution < -0.4 is 4.90 Å². The lowest BCUT2D eigenvalue weighted by atomic mass is 10.2. The lowest BCUT2D eigenvalue weighted by Crippen LogP contribution is -2.42. The molecular weight excluding hydrogens is 256 g/mol. The second-order valence-corrected chi connectivity index (χ2v) is 4.59. The molecule has 0 aliphatic carbocycles. The highest BCUT2D eigenvalue weighted by atomic mass is 79.9. The molecule has 1 aliphatic rings. The van der Waals surface area contributed by atoms with Crippen LogP contribution in [0.2, 0.25) is 0 Å². The predicted octanol–water partition coefficient (Wildman–Crippen LogP) is 2.46. The number of anilines is 1. The minimum absolute atomic E-state index is 0.347. The summed E-state index contributed by atoms with van der Waals surface area (Å²) in [6.07, 6.45) is 3.24. The van der Waals surface area contributed by atoms with E-state index in [4.69, 9.17) is 4.74 Å². The van der Waals surface area contributed by atoms with E-state index >= 15 is 0 Å². The maximum atomic E-state index is 5.63.